The van der Waals surface area contributed by atoms with Crippen LogP contribution in [0, 0.1) is 0 Å². The summed E-state index contributed by atoms with van der Waals surface area (Å²) in [7, 11) is 1.93. The second kappa shape index (κ2) is 9.45. The van der Waals surface area contributed by atoms with Crippen LogP contribution in [-0.2, 0) is 32.5 Å². The molecule has 2 aromatic rings. The van der Waals surface area contributed by atoms with Crippen LogP contribution in [0.25, 0.3) is 10.9 Å². The minimum atomic E-state index is -0.867. The highest BCUT2D eigenvalue weighted by Gasteiger charge is 2.25. The van der Waals surface area contributed by atoms with Crippen molar-refractivity contribution in [1.82, 2.24) is 15.2 Å². The quantitative estimate of drug-likeness (QED) is 0.691. The first-order valence-electron chi connectivity index (χ1n) is 9.56. The van der Waals surface area contributed by atoms with Gasteiger partial charge in [0, 0.05) is 30.6 Å². The molecule has 0 aliphatic heterocycles. The number of hydrogen-bond donors (Lipinski definition) is 2. The number of benzene rings is 1. The molecule has 1 heterocycles. The Balaban J connectivity index is 2.07. The third-order valence-electron chi connectivity index (χ3n) is 4.10. The van der Waals surface area contributed by atoms with Gasteiger partial charge in [0.1, 0.15) is 18.2 Å². The molecule has 0 unspecified atom stereocenters. The standard InChI is InChI=1S/C21H29N3O5/c1-6-28-19(26)16(23-18(25)12-22-20(27)29-21(2,3)4)11-14-13-24(5)17-10-8-7-9-15(14)17/h7-10,13,16H,6,11-12H2,1-5H3,(H,22,27)(H,23,25)/t16-/m1/s1. The number of nitrogens with zero attached hydrogens (tertiary/aromatic N) is 1. The SMILES string of the molecule is CCOC(=O)[C@@H](Cc1cn(C)c2ccccc12)NC(=O)CNC(=O)OC(C)(C)C. The van der Waals surface area contributed by atoms with E-state index in [4.69, 9.17) is 9.47 Å². The molecule has 8 nitrogen and oxygen atoms in total. The fourth-order valence-electron chi connectivity index (χ4n) is 2.96. The molecular formula is C21H29N3O5. The van der Waals surface area contributed by atoms with Gasteiger partial charge in [-0.15, -0.1) is 0 Å². The third kappa shape index (κ3) is 6.51. The van der Waals surface area contributed by atoms with Gasteiger partial charge in [0.15, 0.2) is 0 Å². The van der Waals surface area contributed by atoms with Crippen LogP contribution in [0.3, 0.4) is 0 Å². The van der Waals surface area contributed by atoms with Crippen LogP contribution in [0.15, 0.2) is 30.5 Å². The highest BCUT2D eigenvalue weighted by atomic mass is 16.6. The van der Waals surface area contributed by atoms with Crippen molar-refractivity contribution in [2.24, 2.45) is 7.05 Å². The molecule has 0 aliphatic carbocycles. The predicted molar refractivity (Wildman–Crippen MR) is 109 cm³/mol. The Labute approximate surface area is 170 Å². The summed E-state index contributed by atoms with van der Waals surface area (Å²) in [5.74, 6) is -1.03. The number of carbonyl (C=O) groups is 3. The molecule has 0 fully saturated rings. The van der Waals surface area contributed by atoms with Crippen LogP contribution in [0.1, 0.15) is 33.3 Å². The number of carbonyl (C=O) groups excluding carboxylic acids is 3. The Morgan fingerprint density at radius 2 is 1.86 bits per heavy atom. The van der Waals surface area contributed by atoms with E-state index in [0.29, 0.717) is 0 Å². The van der Waals surface area contributed by atoms with Gasteiger partial charge in [0.25, 0.3) is 0 Å². The number of esters is 1. The van der Waals surface area contributed by atoms with Crippen LogP contribution in [0.2, 0.25) is 0 Å². The van der Waals surface area contributed by atoms with E-state index in [1.165, 1.54) is 0 Å². The van der Waals surface area contributed by atoms with Crippen LogP contribution in [0.5, 0.6) is 0 Å². The van der Waals surface area contributed by atoms with Crippen molar-refractivity contribution < 1.29 is 23.9 Å². The van der Waals surface area contributed by atoms with E-state index in [-0.39, 0.29) is 19.6 Å². The largest absolute Gasteiger partial charge is 0.464 e. The van der Waals surface area contributed by atoms with E-state index < -0.39 is 29.6 Å². The molecule has 0 radical (unpaired) electrons. The number of rotatable bonds is 7. The van der Waals surface area contributed by atoms with Gasteiger partial charge in [-0.05, 0) is 39.3 Å². The van der Waals surface area contributed by atoms with E-state index >= 15 is 0 Å². The van der Waals surface area contributed by atoms with E-state index in [0.717, 1.165) is 16.5 Å². The lowest BCUT2D eigenvalue weighted by atomic mass is 10.0. The number of hydrogen-bond acceptors (Lipinski definition) is 5. The lowest BCUT2D eigenvalue weighted by molar-refractivity contribution is -0.147. The number of para-hydroxylation sites is 1. The number of aromatic nitrogens is 1. The minimum Gasteiger partial charge on any atom is -0.464 e. The van der Waals surface area contributed by atoms with E-state index in [1.54, 1.807) is 27.7 Å². The van der Waals surface area contributed by atoms with Gasteiger partial charge in [0.2, 0.25) is 5.91 Å². The molecule has 158 valence electrons. The highest BCUT2D eigenvalue weighted by molar-refractivity contribution is 5.89. The average Bonchev–Trinajstić information content (AvgIpc) is 2.94. The lowest BCUT2D eigenvalue weighted by Gasteiger charge is -2.20. The van der Waals surface area contributed by atoms with Crippen molar-refractivity contribution in [3.05, 3.63) is 36.0 Å². The zero-order chi connectivity index (χ0) is 21.6. The molecule has 0 aliphatic rings. The van der Waals surface area contributed by atoms with Gasteiger partial charge < -0.3 is 24.7 Å². The molecule has 8 heteroatoms. The maximum atomic E-state index is 12.4. The van der Waals surface area contributed by atoms with E-state index in [2.05, 4.69) is 10.6 Å². The monoisotopic (exact) mass is 403 g/mol. The Bertz CT molecular complexity index is 882. The zero-order valence-electron chi connectivity index (χ0n) is 17.6. The van der Waals surface area contributed by atoms with Crippen molar-refractivity contribution in [1.29, 1.82) is 0 Å². The van der Waals surface area contributed by atoms with Gasteiger partial charge in [-0.2, -0.15) is 0 Å². The first-order valence-corrected chi connectivity index (χ1v) is 9.56. The number of amides is 2. The average molecular weight is 403 g/mol. The van der Waals surface area contributed by atoms with Crippen molar-refractivity contribution >= 4 is 28.9 Å². The molecular weight excluding hydrogens is 374 g/mol. The van der Waals surface area contributed by atoms with Crippen LogP contribution >= 0.6 is 0 Å². The number of aryl methyl sites for hydroxylation is 1. The predicted octanol–water partition coefficient (Wildman–Crippen LogP) is 2.29. The summed E-state index contributed by atoms with van der Waals surface area (Å²) >= 11 is 0. The molecule has 0 bridgehead atoms. The molecule has 2 amide bonds. The highest BCUT2D eigenvalue weighted by Crippen LogP contribution is 2.21. The Kier molecular flexibility index (Phi) is 7.25. The van der Waals surface area contributed by atoms with Crippen LogP contribution < -0.4 is 10.6 Å². The number of nitrogens with one attached hydrogen (secondary N) is 2. The van der Waals surface area contributed by atoms with Crippen LogP contribution in [-0.4, -0.2) is 47.3 Å². The Morgan fingerprint density at radius 3 is 2.52 bits per heavy atom. The smallest absolute Gasteiger partial charge is 0.408 e. The van der Waals surface area contributed by atoms with E-state index in [1.807, 2.05) is 42.1 Å². The molecule has 0 saturated heterocycles. The summed E-state index contributed by atoms with van der Waals surface area (Å²) in [6.07, 6.45) is 1.51. The summed E-state index contributed by atoms with van der Waals surface area (Å²) in [6, 6.07) is 6.96. The van der Waals surface area contributed by atoms with Gasteiger partial charge in [-0.25, -0.2) is 9.59 Å². The summed E-state index contributed by atoms with van der Waals surface area (Å²) in [5.41, 5.74) is 1.28. The maximum Gasteiger partial charge on any atom is 0.408 e. The lowest BCUT2D eigenvalue weighted by Crippen LogP contribution is -2.47. The first kappa shape index (κ1) is 22.3. The third-order valence-corrected chi connectivity index (χ3v) is 4.10. The number of fused-ring (bicyclic) bond motifs is 1. The molecule has 0 saturated carbocycles. The molecule has 0 spiro atoms. The van der Waals surface area contributed by atoms with Crippen molar-refractivity contribution in [2.75, 3.05) is 13.2 Å². The normalized spacial score (nSPS) is 12.3. The van der Waals surface area contributed by atoms with Gasteiger partial charge in [-0.1, -0.05) is 18.2 Å². The topological polar surface area (TPSA) is 98.7 Å². The first-order chi connectivity index (χ1) is 13.6. The molecule has 1 aromatic heterocycles. The second-order valence-corrected chi connectivity index (χ2v) is 7.71. The maximum absolute atomic E-state index is 12.4. The fraction of sp³-hybridized carbons (Fsp3) is 0.476. The zero-order valence-corrected chi connectivity index (χ0v) is 17.6. The summed E-state index contributed by atoms with van der Waals surface area (Å²) in [6.45, 7) is 6.80. The second-order valence-electron chi connectivity index (χ2n) is 7.71. The van der Waals surface area contributed by atoms with Gasteiger partial charge >= 0.3 is 12.1 Å². The number of ether oxygens (including phenoxy) is 2. The Hall–Kier alpha value is -3.03. The van der Waals surface area contributed by atoms with Crippen LogP contribution in [0.4, 0.5) is 4.79 Å². The summed E-state index contributed by atoms with van der Waals surface area (Å²) in [4.78, 5) is 36.4. The van der Waals surface area contributed by atoms with Crippen molar-refractivity contribution in [3.8, 4) is 0 Å². The van der Waals surface area contributed by atoms with Crippen molar-refractivity contribution in [3.63, 3.8) is 0 Å². The van der Waals surface area contributed by atoms with Crippen molar-refractivity contribution in [2.45, 2.75) is 45.8 Å². The fourth-order valence-corrected chi connectivity index (χ4v) is 2.96. The Morgan fingerprint density at radius 1 is 1.17 bits per heavy atom. The summed E-state index contributed by atoms with van der Waals surface area (Å²) in [5, 5.41) is 6.04. The van der Waals surface area contributed by atoms with E-state index in [9.17, 15) is 14.4 Å². The molecule has 29 heavy (non-hydrogen) atoms. The molecule has 2 N–H and O–H groups in total. The molecule has 2 rings (SSSR count). The summed E-state index contributed by atoms with van der Waals surface area (Å²) < 4.78 is 12.2. The van der Waals surface area contributed by atoms with Gasteiger partial charge in [0.05, 0.1) is 6.61 Å². The minimum absolute atomic E-state index is 0.205. The van der Waals surface area contributed by atoms with Gasteiger partial charge in [-0.3, -0.25) is 4.79 Å². The number of alkyl carbamates (subject to hydrolysis) is 1. The molecule has 1 atom stereocenters. The molecule has 1 aromatic carbocycles.